The second-order valence-electron chi connectivity index (χ2n) is 5.17. The molecule has 1 aliphatic rings. The Morgan fingerprint density at radius 2 is 1.80 bits per heavy atom. The van der Waals surface area contributed by atoms with Crippen molar-refractivity contribution in [2.24, 2.45) is 0 Å². The molecule has 15 heavy (non-hydrogen) atoms. The van der Waals surface area contributed by atoms with Crippen molar-refractivity contribution in [3.05, 3.63) is 0 Å². The fourth-order valence-electron chi connectivity index (χ4n) is 2.04. The molecule has 1 saturated carbocycles. The van der Waals surface area contributed by atoms with E-state index in [0.29, 0.717) is 6.04 Å². The van der Waals surface area contributed by atoms with Crippen LogP contribution in [0.2, 0.25) is 0 Å². The minimum absolute atomic E-state index is 0.706. The van der Waals surface area contributed by atoms with Crippen molar-refractivity contribution < 1.29 is 0 Å². The number of nitrogens with one attached hydrogen (secondary N) is 1. The molecule has 1 rings (SSSR count). The maximum Gasteiger partial charge on any atom is 0.00787 e. The molecule has 0 radical (unpaired) electrons. The molecular formula is C13H28N2. The molecule has 0 saturated heterocycles. The predicted molar refractivity (Wildman–Crippen MR) is 67.2 cm³/mol. The molecule has 0 aromatic carbocycles. The van der Waals surface area contributed by atoms with E-state index in [9.17, 15) is 0 Å². The Labute approximate surface area is 95.4 Å². The van der Waals surface area contributed by atoms with Gasteiger partial charge in [-0.2, -0.15) is 0 Å². The van der Waals surface area contributed by atoms with Gasteiger partial charge in [-0.1, -0.05) is 13.3 Å². The van der Waals surface area contributed by atoms with Gasteiger partial charge in [-0.05, 0) is 53.1 Å². The highest BCUT2D eigenvalue weighted by Gasteiger charge is 2.21. The first-order chi connectivity index (χ1) is 7.15. The highest BCUT2D eigenvalue weighted by molar-refractivity contribution is 4.81. The molecular weight excluding hydrogens is 184 g/mol. The van der Waals surface area contributed by atoms with Gasteiger partial charge >= 0.3 is 0 Å². The van der Waals surface area contributed by atoms with E-state index in [1.54, 1.807) is 0 Å². The molecule has 2 atom stereocenters. The van der Waals surface area contributed by atoms with E-state index in [1.165, 1.54) is 38.6 Å². The van der Waals surface area contributed by atoms with E-state index in [-0.39, 0.29) is 0 Å². The highest BCUT2D eigenvalue weighted by atomic mass is 15.1. The first-order valence-electron chi connectivity index (χ1n) is 6.60. The third-order valence-electron chi connectivity index (χ3n) is 3.67. The Hall–Kier alpha value is -0.0800. The SMILES string of the molecule is CCCC(C)N(C)C(C)CCNC1CC1. The van der Waals surface area contributed by atoms with Crippen LogP contribution in [0.15, 0.2) is 0 Å². The second-order valence-corrected chi connectivity index (χ2v) is 5.17. The van der Waals surface area contributed by atoms with Crippen molar-refractivity contribution >= 4 is 0 Å². The lowest BCUT2D eigenvalue weighted by atomic mass is 10.1. The van der Waals surface area contributed by atoms with Gasteiger partial charge in [0.15, 0.2) is 0 Å². The summed E-state index contributed by atoms with van der Waals surface area (Å²) < 4.78 is 0. The van der Waals surface area contributed by atoms with Gasteiger partial charge in [-0.15, -0.1) is 0 Å². The van der Waals surface area contributed by atoms with Crippen LogP contribution in [0, 0.1) is 0 Å². The molecule has 0 aliphatic heterocycles. The molecule has 2 heteroatoms. The molecule has 0 aromatic heterocycles. The number of hydrogen-bond donors (Lipinski definition) is 1. The van der Waals surface area contributed by atoms with Crippen LogP contribution >= 0.6 is 0 Å². The lowest BCUT2D eigenvalue weighted by Crippen LogP contribution is -2.38. The average Bonchev–Trinajstić information content (AvgIpc) is 3.00. The maximum atomic E-state index is 3.59. The molecule has 0 amide bonds. The van der Waals surface area contributed by atoms with Gasteiger partial charge in [0.1, 0.15) is 0 Å². The molecule has 0 spiro atoms. The summed E-state index contributed by atoms with van der Waals surface area (Å²) in [5.74, 6) is 0. The second kappa shape index (κ2) is 6.49. The standard InChI is InChI=1S/C13H28N2/c1-5-6-11(2)15(4)12(3)9-10-14-13-7-8-13/h11-14H,5-10H2,1-4H3. The zero-order chi connectivity index (χ0) is 11.3. The smallest absolute Gasteiger partial charge is 0.00787 e. The van der Waals surface area contributed by atoms with Crippen LogP contribution in [-0.4, -0.2) is 36.6 Å². The van der Waals surface area contributed by atoms with Crippen LogP contribution in [0.3, 0.4) is 0 Å². The molecule has 0 heterocycles. The van der Waals surface area contributed by atoms with Crippen molar-refractivity contribution in [1.29, 1.82) is 0 Å². The van der Waals surface area contributed by atoms with Crippen molar-refractivity contribution in [3.63, 3.8) is 0 Å². The van der Waals surface area contributed by atoms with Gasteiger partial charge in [0.05, 0.1) is 0 Å². The van der Waals surface area contributed by atoms with E-state index < -0.39 is 0 Å². The van der Waals surface area contributed by atoms with Gasteiger partial charge in [0.2, 0.25) is 0 Å². The monoisotopic (exact) mass is 212 g/mol. The zero-order valence-corrected chi connectivity index (χ0v) is 10.9. The maximum absolute atomic E-state index is 3.59. The first kappa shape index (κ1) is 13.0. The van der Waals surface area contributed by atoms with Gasteiger partial charge in [-0.3, -0.25) is 0 Å². The van der Waals surface area contributed by atoms with Crippen LogP contribution in [0.5, 0.6) is 0 Å². The predicted octanol–water partition coefficient (Wildman–Crippen LogP) is 2.64. The topological polar surface area (TPSA) is 15.3 Å². The third kappa shape index (κ3) is 4.98. The summed E-state index contributed by atoms with van der Waals surface area (Å²) in [7, 11) is 2.27. The van der Waals surface area contributed by atoms with Crippen LogP contribution in [0.1, 0.15) is 52.9 Å². The average molecular weight is 212 g/mol. The molecule has 1 aliphatic carbocycles. The Balaban J connectivity index is 2.09. The largest absolute Gasteiger partial charge is 0.314 e. The molecule has 2 nitrogen and oxygen atoms in total. The van der Waals surface area contributed by atoms with E-state index in [1.807, 2.05) is 0 Å². The van der Waals surface area contributed by atoms with E-state index in [2.05, 4.69) is 38.0 Å². The summed E-state index contributed by atoms with van der Waals surface area (Å²) in [5.41, 5.74) is 0. The van der Waals surface area contributed by atoms with E-state index in [4.69, 9.17) is 0 Å². The number of nitrogens with zero attached hydrogens (tertiary/aromatic N) is 1. The van der Waals surface area contributed by atoms with Gasteiger partial charge in [-0.25, -0.2) is 0 Å². The molecule has 0 aromatic rings. The van der Waals surface area contributed by atoms with Crippen molar-refractivity contribution in [2.45, 2.75) is 71.0 Å². The van der Waals surface area contributed by atoms with Crippen molar-refractivity contribution in [2.75, 3.05) is 13.6 Å². The fraction of sp³-hybridized carbons (Fsp3) is 1.00. The Morgan fingerprint density at radius 1 is 1.20 bits per heavy atom. The molecule has 1 N–H and O–H groups in total. The molecule has 0 bridgehead atoms. The van der Waals surface area contributed by atoms with Gasteiger partial charge in [0, 0.05) is 18.1 Å². The van der Waals surface area contributed by atoms with Crippen LogP contribution in [0.4, 0.5) is 0 Å². The summed E-state index contributed by atoms with van der Waals surface area (Å²) in [4.78, 5) is 2.53. The lowest BCUT2D eigenvalue weighted by molar-refractivity contribution is 0.178. The fourth-order valence-corrected chi connectivity index (χ4v) is 2.04. The van der Waals surface area contributed by atoms with Crippen LogP contribution < -0.4 is 5.32 Å². The van der Waals surface area contributed by atoms with Gasteiger partial charge < -0.3 is 10.2 Å². The third-order valence-corrected chi connectivity index (χ3v) is 3.67. The van der Waals surface area contributed by atoms with Gasteiger partial charge in [0.25, 0.3) is 0 Å². The minimum Gasteiger partial charge on any atom is -0.314 e. The quantitative estimate of drug-likeness (QED) is 0.665. The summed E-state index contributed by atoms with van der Waals surface area (Å²) in [6, 6.07) is 2.29. The summed E-state index contributed by atoms with van der Waals surface area (Å²) >= 11 is 0. The van der Waals surface area contributed by atoms with Crippen LogP contribution in [-0.2, 0) is 0 Å². The van der Waals surface area contributed by atoms with Crippen molar-refractivity contribution in [3.8, 4) is 0 Å². The number of rotatable bonds is 8. The van der Waals surface area contributed by atoms with Crippen molar-refractivity contribution in [1.82, 2.24) is 10.2 Å². The Morgan fingerprint density at radius 3 is 2.33 bits per heavy atom. The lowest BCUT2D eigenvalue weighted by Gasteiger charge is -2.30. The Kier molecular flexibility index (Phi) is 5.62. The first-order valence-corrected chi connectivity index (χ1v) is 6.60. The summed E-state index contributed by atoms with van der Waals surface area (Å²) in [6.07, 6.45) is 6.68. The van der Waals surface area contributed by atoms with E-state index >= 15 is 0 Å². The number of hydrogen-bond acceptors (Lipinski definition) is 2. The molecule has 1 fully saturated rings. The minimum atomic E-state index is 0.706. The highest BCUT2D eigenvalue weighted by Crippen LogP contribution is 2.18. The summed E-state index contributed by atoms with van der Waals surface area (Å²) in [5, 5.41) is 3.59. The summed E-state index contributed by atoms with van der Waals surface area (Å²) in [6.45, 7) is 8.15. The van der Waals surface area contributed by atoms with E-state index in [0.717, 1.165) is 12.1 Å². The van der Waals surface area contributed by atoms with Crippen LogP contribution in [0.25, 0.3) is 0 Å². The molecule has 2 unspecified atom stereocenters. The zero-order valence-electron chi connectivity index (χ0n) is 10.9. The molecule has 90 valence electrons. The Bertz CT molecular complexity index is 166. The normalized spacial score (nSPS) is 20.6.